The number of benzene rings is 1. The molecule has 0 aliphatic rings. The summed E-state index contributed by atoms with van der Waals surface area (Å²) >= 11 is 0. The van der Waals surface area contributed by atoms with Crippen LogP contribution in [-0.2, 0) is 14.3 Å². The third-order valence-corrected chi connectivity index (χ3v) is 2.33. The Morgan fingerprint density at radius 3 is 2.68 bits per heavy atom. The number of hydrogen-bond acceptors (Lipinski definition) is 5. The molecule has 0 bridgehead atoms. The van der Waals surface area contributed by atoms with E-state index in [1.807, 2.05) is 0 Å². The van der Waals surface area contributed by atoms with E-state index in [2.05, 4.69) is 4.74 Å². The molecule has 0 saturated carbocycles. The summed E-state index contributed by atoms with van der Waals surface area (Å²) in [6.07, 6.45) is 3.45. The van der Waals surface area contributed by atoms with E-state index in [9.17, 15) is 14.7 Å². The molecule has 0 aliphatic heterocycles. The van der Waals surface area contributed by atoms with Crippen LogP contribution >= 0.6 is 0 Å². The Balaban J connectivity index is 2.71. The molecule has 5 nitrogen and oxygen atoms in total. The lowest BCUT2D eigenvalue weighted by molar-refractivity contribution is -0.142. The molecule has 0 aromatic heterocycles. The molecule has 0 atom stereocenters. The quantitative estimate of drug-likeness (QED) is 0.825. The smallest absolute Gasteiger partial charge is 0.341 e. The van der Waals surface area contributed by atoms with Gasteiger partial charge in [-0.05, 0) is 24.6 Å². The number of rotatable bonds is 5. The van der Waals surface area contributed by atoms with Crippen LogP contribution < -0.4 is 0 Å². The van der Waals surface area contributed by atoms with Gasteiger partial charge >= 0.3 is 11.9 Å². The zero-order chi connectivity index (χ0) is 14.3. The van der Waals surface area contributed by atoms with E-state index in [-0.39, 0.29) is 23.7 Å². The number of carbonyl (C=O) groups is 2. The van der Waals surface area contributed by atoms with Gasteiger partial charge in [-0.2, -0.15) is 0 Å². The monoisotopic (exact) mass is 264 g/mol. The number of esters is 2. The second-order valence-electron chi connectivity index (χ2n) is 3.68. The van der Waals surface area contributed by atoms with Crippen molar-refractivity contribution < 1.29 is 24.2 Å². The Morgan fingerprint density at radius 1 is 1.37 bits per heavy atom. The minimum Gasteiger partial charge on any atom is -0.507 e. The van der Waals surface area contributed by atoms with Gasteiger partial charge in [-0.3, -0.25) is 4.79 Å². The Hall–Kier alpha value is -2.30. The van der Waals surface area contributed by atoms with E-state index >= 15 is 0 Å². The van der Waals surface area contributed by atoms with Crippen molar-refractivity contribution in [3.8, 4) is 5.75 Å². The van der Waals surface area contributed by atoms with Gasteiger partial charge in [0, 0.05) is 0 Å². The maximum absolute atomic E-state index is 11.3. The highest BCUT2D eigenvalue weighted by molar-refractivity contribution is 5.92. The molecule has 1 rings (SSSR count). The second kappa shape index (κ2) is 7.20. The average Bonchev–Trinajstić information content (AvgIpc) is 2.38. The first-order valence-corrected chi connectivity index (χ1v) is 5.82. The Bertz CT molecular complexity index is 491. The van der Waals surface area contributed by atoms with Crippen LogP contribution in [0.2, 0.25) is 0 Å². The number of hydrogen-bond donors (Lipinski definition) is 1. The first kappa shape index (κ1) is 14.8. The number of phenolic OH excluding ortho intramolecular Hbond substituents is 1. The molecule has 0 heterocycles. The van der Waals surface area contributed by atoms with E-state index < -0.39 is 5.97 Å². The minimum absolute atomic E-state index is 0.102. The van der Waals surface area contributed by atoms with Crippen LogP contribution in [0.4, 0.5) is 0 Å². The average molecular weight is 264 g/mol. The summed E-state index contributed by atoms with van der Waals surface area (Å²) in [6, 6.07) is 4.53. The molecule has 1 aromatic carbocycles. The van der Waals surface area contributed by atoms with Crippen molar-refractivity contribution in [2.45, 2.75) is 13.3 Å². The van der Waals surface area contributed by atoms with Crippen molar-refractivity contribution in [1.29, 1.82) is 0 Å². The van der Waals surface area contributed by atoms with Gasteiger partial charge < -0.3 is 14.6 Å². The van der Waals surface area contributed by atoms with Crippen molar-refractivity contribution in [1.82, 2.24) is 0 Å². The largest absolute Gasteiger partial charge is 0.507 e. The summed E-state index contributed by atoms with van der Waals surface area (Å²) in [5.41, 5.74) is 0.777. The molecule has 102 valence electrons. The van der Waals surface area contributed by atoms with E-state index in [1.165, 1.54) is 19.2 Å². The number of aromatic hydroxyl groups is 1. The molecular weight excluding hydrogens is 248 g/mol. The fraction of sp³-hybridized carbons (Fsp3) is 0.286. The van der Waals surface area contributed by atoms with Crippen LogP contribution in [0.15, 0.2) is 24.3 Å². The lowest BCUT2D eigenvalue weighted by atomic mass is 10.1. The predicted octanol–water partition coefficient (Wildman–Crippen LogP) is 2.15. The van der Waals surface area contributed by atoms with Crippen molar-refractivity contribution in [3.05, 3.63) is 35.4 Å². The van der Waals surface area contributed by atoms with Gasteiger partial charge in [0.1, 0.15) is 11.3 Å². The van der Waals surface area contributed by atoms with Crippen LogP contribution in [0, 0.1) is 0 Å². The molecule has 0 unspecified atom stereocenters. The first-order valence-electron chi connectivity index (χ1n) is 5.82. The molecule has 5 heteroatoms. The second-order valence-corrected chi connectivity index (χ2v) is 3.68. The summed E-state index contributed by atoms with van der Waals surface area (Å²) < 4.78 is 9.29. The topological polar surface area (TPSA) is 72.8 Å². The van der Waals surface area contributed by atoms with Gasteiger partial charge in [0.15, 0.2) is 0 Å². The maximum atomic E-state index is 11.3. The number of methoxy groups -OCH3 is 1. The van der Waals surface area contributed by atoms with Gasteiger partial charge in [0.05, 0.1) is 20.1 Å². The van der Waals surface area contributed by atoms with Crippen LogP contribution in [-0.4, -0.2) is 30.8 Å². The summed E-state index contributed by atoms with van der Waals surface area (Å²) in [5.74, 6) is -1.07. The Kier molecular flexibility index (Phi) is 5.60. The predicted molar refractivity (Wildman–Crippen MR) is 69.7 cm³/mol. The number of carbonyl (C=O) groups excluding carboxylic acids is 2. The third kappa shape index (κ3) is 4.46. The van der Waals surface area contributed by atoms with Gasteiger partial charge in [0.25, 0.3) is 0 Å². The van der Waals surface area contributed by atoms with Crippen molar-refractivity contribution in [3.63, 3.8) is 0 Å². The van der Waals surface area contributed by atoms with Crippen LogP contribution in [0.5, 0.6) is 5.75 Å². The molecule has 19 heavy (non-hydrogen) atoms. The SMILES string of the molecule is CCOC(=O)CC=Cc1ccc(C(=O)OC)c(O)c1. The highest BCUT2D eigenvalue weighted by Crippen LogP contribution is 2.20. The molecule has 0 saturated heterocycles. The normalized spacial score (nSPS) is 10.4. The van der Waals surface area contributed by atoms with Crippen LogP contribution in [0.1, 0.15) is 29.3 Å². The third-order valence-electron chi connectivity index (χ3n) is 2.33. The number of ether oxygens (including phenoxy) is 2. The Morgan fingerprint density at radius 2 is 2.11 bits per heavy atom. The highest BCUT2D eigenvalue weighted by Gasteiger charge is 2.10. The zero-order valence-corrected chi connectivity index (χ0v) is 10.9. The van der Waals surface area contributed by atoms with E-state index in [4.69, 9.17) is 4.74 Å². The summed E-state index contributed by atoms with van der Waals surface area (Å²) in [7, 11) is 1.24. The van der Waals surface area contributed by atoms with E-state index in [0.29, 0.717) is 12.2 Å². The standard InChI is InChI=1S/C14H16O5/c1-3-19-13(16)6-4-5-10-7-8-11(12(15)9-10)14(17)18-2/h4-5,7-9,15H,3,6H2,1-2H3. The summed E-state index contributed by atoms with van der Waals surface area (Å²) in [4.78, 5) is 22.4. The molecule has 0 amide bonds. The minimum atomic E-state index is -0.598. The summed E-state index contributed by atoms with van der Waals surface area (Å²) in [5, 5.41) is 9.66. The van der Waals surface area contributed by atoms with Crippen LogP contribution in [0.3, 0.4) is 0 Å². The van der Waals surface area contributed by atoms with Gasteiger partial charge in [-0.1, -0.05) is 18.2 Å². The molecule has 0 aliphatic carbocycles. The summed E-state index contributed by atoms with van der Waals surface area (Å²) in [6.45, 7) is 2.09. The van der Waals surface area contributed by atoms with E-state index in [0.717, 1.165) is 0 Å². The van der Waals surface area contributed by atoms with Gasteiger partial charge in [0.2, 0.25) is 0 Å². The van der Waals surface area contributed by atoms with Gasteiger partial charge in [-0.25, -0.2) is 4.79 Å². The van der Waals surface area contributed by atoms with E-state index in [1.54, 1.807) is 25.1 Å². The zero-order valence-electron chi connectivity index (χ0n) is 10.9. The van der Waals surface area contributed by atoms with Crippen molar-refractivity contribution >= 4 is 18.0 Å². The first-order chi connectivity index (χ1) is 9.08. The number of phenols is 1. The fourth-order valence-corrected chi connectivity index (χ4v) is 1.45. The lowest BCUT2D eigenvalue weighted by Gasteiger charge is -2.03. The van der Waals surface area contributed by atoms with Gasteiger partial charge in [-0.15, -0.1) is 0 Å². The highest BCUT2D eigenvalue weighted by atomic mass is 16.5. The molecule has 1 N–H and O–H groups in total. The van der Waals surface area contributed by atoms with Crippen LogP contribution in [0.25, 0.3) is 6.08 Å². The molecular formula is C14H16O5. The lowest BCUT2D eigenvalue weighted by Crippen LogP contribution is -2.01. The molecule has 0 radical (unpaired) electrons. The molecule has 0 fully saturated rings. The maximum Gasteiger partial charge on any atom is 0.341 e. The molecule has 0 spiro atoms. The Labute approximate surface area is 111 Å². The molecule has 1 aromatic rings. The van der Waals surface area contributed by atoms with Crippen molar-refractivity contribution in [2.24, 2.45) is 0 Å². The fourth-order valence-electron chi connectivity index (χ4n) is 1.45. The van der Waals surface area contributed by atoms with Crippen molar-refractivity contribution in [2.75, 3.05) is 13.7 Å².